The summed E-state index contributed by atoms with van der Waals surface area (Å²) in [7, 11) is 1.98. The highest BCUT2D eigenvalue weighted by Crippen LogP contribution is 2.22. The molecule has 5 nitrogen and oxygen atoms in total. The Hall–Kier alpha value is -1.75. The molecule has 5 heteroatoms. The van der Waals surface area contributed by atoms with Crippen LogP contribution < -0.4 is 5.32 Å². The fourth-order valence-electron chi connectivity index (χ4n) is 2.38. The molecule has 0 aliphatic carbocycles. The molecular weight excluding hydrogens is 226 g/mol. The lowest BCUT2D eigenvalue weighted by Gasteiger charge is -2.10. The molecule has 0 aromatic carbocycles. The number of aromatic nitrogens is 4. The van der Waals surface area contributed by atoms with Crippen molar-refractivity contribution in [1.82, 2.24) is 24.8 Å². The second kappa shape index (κ2) is 4.49. The lowest BCUT2D eigenvalue weighted by Crippen LogP contribution is -2.11. The maximum Gasteiger partial charge on any atom is 0.158 e. The van der Waals surface area contributed by atoms with Gasteiger partial charge < -0.3 is 9.88 Å². The minimum Gasteiger partial charge on any atom is -0.333 e. The quantitative estimate of drug-likeness (QED) is 0.863. The van der Waals surface area contributed by atoms with Crippen LogP contribution in [0.1, 0.15) is 23.9 Å². The molecule has 0 unspecified atom stereocenters. The van der Waals surface area contributed by atoms with Crippen LogP contribution in [0, 0.1) is 6.92 Å². The lowest BCUT2D eigenvalue weighted by molar-refractivity contribution is 0.697. The van der Waals surface area contributed by atoms with Crippen LogP contribution >= 0.6 is 0 Å². The van der Waals surface area contributed by atoms with Gasteiger partial charge in [0.2, 0.25) is 0 Å². The maximum absolute atomic E-state index is 4.68. The molecule has 0 bridgehead atoms. The predicted molar refractivity (Wildman–Crippen MR) is 69.2 cm³/mol. The summed E-state index contributed by atoms with van der Waals surface area (Å²) in [6.07, 6.45) is 4.84. The molecule has 1 saturated heterocycles. The Labute approximate surface area is 106 Å². The first kappa shape index (κ1) is 11.3. The third kappa shape index (κ3) is 2.01. The van der Waals surface area contributed by atoms with Crippen LogP contribution in [0.2, 0.25) is 0 Å². The normalized spacial score (nSPS) is 19.3. The summed E-state index contributed by atoms with van der Waals surface area (Å²) in [6.45, 7) is 4.04. The molecule has 2 aromatic heterocycles. The Morgan fingerprint density at radius 3 is 2.94 bits per heavy atom. The van der Waals surface area contributed by atoms with Crippen LogP contribution in [0.15, 0.2) is 18.5 Å². The molecule has 0 saturated carbocycles. The average molecular weight is 243 g/mol. The van der Waals surface area contributed by atoms with Crippen LogP contribution in [0.4, 0.5) is 0 Å². The fraction of sp³-hybridized carbons (Fsp3) is 0.462. The molecule has 1 aliphatic heterocycles. The molecule has 0 spiro atoms. The molecule has 1 fully saturated rings. The highest BCUT2D eigenvalue weighted by atomic mass is 15.1. The van der Waals surface area contributed by atoms with E-state index in [0.29, 0.717) is 5.92 Å². The van der Waals surface area contributed by atoms with E-state index in [1.165, 1.54) is 0 Å². The van der Waals surface area contributed by atoms with E-state index in [1.54, 1.807) is 6.20 Å². The zero-order valence-corrected chi connectivity index (χ0v) is 10.7. The summed E-state index contributed by atoms with van der Waals surface area (Å²) in [5, 5.41) is 3.36. The van der Waals surface area contributed by atoms with E-state index in [0.717, 1.165) is 42.5 Å². The van der Waals surface area contributed by atoms with Crippen molar-refractivity contribution in [3.8, 4) is 11.5 Å². The highest BCUT2D eigenvalue weighted by Gasteiger charge is 2.20. The first-order valence-electron chi connectivity index (χ1n) is 6.28. The second-order valence-corrected chi connectivity index (χ2v) is 4.80. The first-order valence-corrected chi connectivity index (χ1v) is 6.28. The van der Waals surface area contributed by atoms with Gasteiger partial charge >= 0.3 is 0 Å². The molecular formula is C13H17N5. The van der Waals surface area contributed by atoms with E-state index in [2.05, 4.69) is 20.3 Å². The summed E-state index contributed by atoms with van der Waals surface area (Å²) in [4.78, 5) is 13.6. The number of hydrogen-bond donors (Lipinski definition) is 1. The Bertz CT molecular complexity index is 554. The molecule has 18 heavy (non-hydrogen) atoms. The van der Waals surface area contributed by atoms with E-state index in [9.17, 15) is 0 Å². The minimum absolute atomic E-state index is 0.434. The average Bonchev–Trinajstić information content (AvgIpc) is 2.98. The van der Waals surface area contributed by atoms with Crippen LogP contribution in [0.3, 0.4) is 0 Å². The van der Waals surface area contributed by atoms with Crippen molar-refractivity contribution in [2.24, 2.45) is 7.05 Å². The largest absolute Gasteiger partial charge is 0.333 e. The van der Waals surface area contributed by atoms with Gasteiger partial charge in [0, 0.05) is 37.6 Å². The number of imidazole rings is 1. The maximum atomic E-state index is 4.68. The summed E-state index contributed by atoms with van der Waals surface area (Å²) in [5.74, 6) is 2.27. The van der Waals surface area contributed by atoms with Gasteiger partial charge in [-0.05, 0) is 26.0 Å². The van der Waals surface area contributed by atoms with Crippen molar-refractivity contribution in [3.63, 3.8) is 0 Å². The van der Waals surface area contributed by atoms with Gasteiger partial charge in [-0.15, -0.1) is 0 Å². The van der Waals surface area contributed by atoms with Gasteiger partial charge in [0.1, 0.15) is 11.5 Å². The van der Waals surface area contributed by atoms with Crippen LogP contribution in [-0.4, -0.2) is 32.6 Å². The Morgan fingerprint density at radius 1 is 1.39 bits per heavy atom. The first-order chi connectivity index (χ1) is 8.74. The van der Waals surface area contributed by atoms with Crippen molar-refractivity contribution in [2.45, 2.75) is 19.3 Å². The minimum atomic E-state index is 0.434. The summed E-state index contributed by atoms with van der Waals surface area (Å²) in [5.41, 5.74) is 1.92. The molecule has 2 aromatic rings. The standard InChI is InChI=1S/C13H17N5/c1-9-7-11(13-15-5-6-18(13)2)17-12(16-9)10-3-4-14-8-10/h5-7,10,14H,3-4,8H2,1-2H3/t10-/m1/s1. The molecule has 1 N–H and O–H groups in total. The van der Waals surface area contributed by atoms with Gasteiger partial charge in [0.25, 0.3) is 0 Å². The summed E-state index contributed by atoms with van der Waals surface area (Å²) < 4.78 is 1.98. The van der Waals surface area contributed by atoms with E-state index in [-0.39, 0.29) is 0 Å². The van der Waals surface area contributed by atoms with Gasteiger partial charge in [-0.2, -0.15) is 0 Å². The van der Waals surface area contributed by atoms with E-state index < -0.39 is 0 Å². The van der Waals surface area contributed by atoms with Gasteiger partial charge in [0.15, 0.2) is 5.82 Å². The molecule has 0 radical (unpaired) electrons. The SMILES string of the molecule is Cc1cc(-c2nccn2C)nc([C@@H]2CCNC2)n1. The smallest absolute Gasteiger partial charge is 0.158 e. The Balaban J connectivity index is 2.03. The molecule has 94 valence electrons. The third-order valence-corrected chi connectivity index (χ3v) is 3.35. The third-order valence-electron chi connectivity index (χ3n) is 3.35. The van der Waals surface area contributed by atoms with Crippen LogP contribution in [-0.2, 0) is 7.05 Å². The lowest BCUT2D eigenvalue weighted by atomic mass is 10.1. The number of nitrogens with zero attached hydrogens (tertiary/aromatic N) is 4. The number of aryl methyl sites for hydroxylation is 2. The second-order valence-electron chi connectivity index (χ2n) is 4.80. The number of rotatable bonds is 2. The number of nitrogens with one attached hydrogen (secondary N) is 1. The predicted octanol–water partition coefficient (Wildman–Crippen LogP) is 1.26. The van der Waals surface area contributed by atoms with Gasteiger partial charge in [-0.3, -0.25) is 0 Å². The molecule has 3 heterocycles. The zero-order chi connectivity index (χ0) is 12.5. The highest BCUT2D eigenvalue weighted by molar-refractivity contribution is 5.50. The van der Waals surface area contributed by atoms with Crippen molar-refractivity contribution >= 4 is 0 Å². The Morgan fingerprint density at radius 2 is 2.28 bits per heavy atom. The molecule has 1 aliphatic rings. The molecule has 3 rings (SSSR count). The summed E-state index contributed by atoms with van der Waals surface area (Å²) in [6, 6.07) is 1.99. The van der Waals surface area contributed by atoms with E-state index in [1.807, 2.05) is 30.8 Å². The monoisotopic (exact) mass is 243 g/mol. The zero-order valence-electron chi connectivity index (χ0n) is 10.7. The van der Waals surface area contributed by atoms with E-state index >= 15 is 0 Å². The van der Waals surface area contributed by atoms with Gasteiger partial charge in [-0.25, -0.2) is 15.0 Å². The van der Waals surface area contributed by atoms with Crippen LogP contribution in [0.25, 0.3) is 11.5 Å². The van der Waals surface area contributed by atoms with Gasteiger partial charge in [0.05, 0.1) is 0 Å². The van der Waals surface area contributed by atoms with Crippen molar-refractivity contribution in [2.75, 3.05) is 13.1 Å². The summed E-state index contributed by atoms with van der Waals surface area (Å²) >= 11 is 0. The van der Waals surface area contributed by atoms with Crippen LogP contribution in [0.5, 0.6) is 0 Å². The molecule has 0 amide bonds. The van der Waals surface area contributed by atoms with Crippen molar-refractivity contribution in [1.29, 1.82) is 0 Å². The van der Waals surface area contributed by atoms with E-state index in [4.69, 9.17) is 0 Å². The number of hydrogen-bond acceptors (Lipinski definition) is 4. The Kier molecular flexibility index (Phi) is 2.83. The molecule has 1 atom stereocenters. The topological polar surface area (TPSA) is 55.6 Å². The van der Waals surface area contributed by atoms with Crippen molar-refractivity contribution < 1.29 is 0 Å². The fourth-order valence-corrected chi connectivity index (χ4v) is 2.38. The van der Waals surface area contributed by atoms with Crippen molar-refractivity contribution in [3.05, 3.63) is 30.0 Å². The van der Waals surface area contributed by atoms with Gasteiger partial charge in [-0.1, -0.05) is 0 Å².